The summed E-state index contributed by atoms with van der Waals surface area (Å²) in [5.74, 6) is -1.43. The van der Waals surface area contributed by atoms with E-state index in [0.717, 1.165) is 4.90 Å². The lowest BCUT2D eigenvalue weighted by Gasteiger charge is -2.26. The molecule has 0 spiro atoms. The number of hydrogen-bond donors (Lipinski definition) is 1. The molecule has 2 aromatic carbocycles. The Bertz CT molecular complexity index is 1000. The van der Waals surface area contributed by atoms with Gasteiger partial charge in [-0.3, -0.25) is 14.9 Å². The fourth-order valence-corrected chi connectivity index (χ4v) is 3.34. The standard InChI is InChI=1S/C18H11Cl3N2O4/c1-27-15-9(5-11(20)8-14(15)21)6-13-16(24)22-18(26)23(17(13)25)12-4-2-3-10(19)7-12/h2-8H,1H3,(H,22,24,26)/b13-6+. The van der Waals surface area contributed by atoms with Crippen LogP contribution >= 0.6 is 34.8 Å². The van der Waals surface area contributed by atoms with Crippen LogP contribution in [0.5, 0.6) is 5.75 Å². The number of methoxy groups -OCH3 is 1. The second-order valence-electron chi connectivity index (χ2n) is 5.45. The van der Waals surface area contributed by atoms with Gasteiger partial charge in [0.15, 0.2) is 0 Å². The maximum Gasteiger partial charge on any atom is 0.335 e. The first-order chi connectivity index (χ1) is 12.8. The summed E-state index contributed by atoms with van der Waals surface area (Å²) >= 11 is 18.0. The van der Waals surface area contributed by atoms with E-state index in [4.69, 9.17) is 39.5 Å². The van der Waals surface area contributed by atoms with E-state index < -0.39 is 17.8 Å². The van der Waals surface area contributed by atoms with E-state index in [9.17, 15) is 14.4 Å². The van der Waals surface area contributed by atoms with Crippen molar-refractivity contribution in [2.24, 2.45) is 0 Å². The van der Waals surface area contributed by atoms with Crippen molar-refractivity contribution >= 4 is 64.4 Å². The third kappa shape index (κ3) is 3.78. The molecule has 2 aromatic rings. The summed E-state index contributed by atoms with van der Waals surface area (Å²) in [5, 5.41) is 2.96. The first kappa shape index (κ1) is 19.2. The minimum Gasteiger partial charge on any atom is -0.495 e. The van der Waals surface area contributed by atoms with Gasteiger partial charge in [-0.25, -0.2) is 9.69 Å². The van der Waals surface area contributed by atoms with Crippen molar-refractivity contribution in [1.29, 1.82) is 0 Å². The Balaban J connectivity index is 2.10. The summed E-state index contributed by atoms with van der Waals surface area (Å²) in [6.45, 7) is 0. The molecular weight excluding hydrogens is 415 g/mol. The first-order valence-corrected chi connectivity index (χ1v) is 8.65. The Morgan fingerprint density at radius 3 is 2.44 bits per heavy atom. The third-order valence-corrected chi connectivity index (χ3v) is 4.44. The fraction of sp³-hybridized carbons (Fsp3) is 0.0556. The minimum absolute atomic E-state index is 0.211. The van der Waals surface area contributed by atoms with Gasteiger partial charge in [0.2, 0.25) is 0 Å². The van der Waals surface area contributed by atoms with Crippen LogP contribution in [0, 0.1) is 0 Å². The molecule has 0 unspecified atom stereocenters. The highest BCUT2D eigenvalue weighted by Gasteiger charge is 2.37. The maximum absolute atomic E-state index is 12.9. The average molecular weight is 426 g/mol. The zero-order chi connectivity index (χ0) is 19.7. The highest BCUT2D eigenvalue weighted by Crippen LogP contribution is 2.34. The monoisotopic (exact) mass is 424 g/mol. The Hall–Kier alpha value is -2.54. The Kier molecular flexibility index (Phi) is 5.41. The van der Waals surface area contributed by atoms with E-state index in [1.165, 1.54) is 37.5 Å². The number of nitrogens with zero attached hydrogens (tertiary/aromatic N) is 1. The van der Waals surface area contributed by atoms with Gasteiger partial charge in [-0.05, 0) is 36.4 Å². The molecule has 138 valence electrons. The van der Waals surface area contributed by atoms with Crippen LogP contribution in [0.25, 0.3) is 6.08 Å². The average Bonchev–Trinajstić information content (AvgIpc) is 2.58. The van der Waals surface area contributed by atoms with Crippen molar-refractivity contribution in [2.45, 2.75) is 0 Å². The normalized spacial score (nSPS) is 15.9. The fourth-order valence-electron chi connectivity index (χ4n) is 2.57. The second kappa shape index (κ2) is 7.60. The maximum atomic E-state index is 12.9. The summed E-state index contributed by atoms with van der Waals surface area (Å²) in [6, 6.07) is 8.21. The quantitative estimate of drug-likeness (QED) is 0.587. The van der Waals surface area contributed by atoms with Crippen LogP contribution in [0.4, 0.5) is 10.5 Å². The SMILES string of the molecule is COc1c(Cl)cc(Cl)cc1/C=C1\C(=O)NC(=O)N(c2cccc(Cl)c2)C1=O. The number of halogens is 3. The van der Waals surface area contributed by atoms with Gasteiger partial charge in [0.1, 0.15) is 11.3 Å². The van der Waals surface area contributed by atoms with Gasteiger partial charge in [0.05, 0.1) is 17.8 Å². The molecule has 3 rings (SSSR count). The number of barbiturate groups is 1. The molecule has 1 aliphatic heterocycles. The largest absolute Gasteiger partial charge is 0.495 e. The predicted octanol–water partition coefficient (Wildman–Crippen LogP) is 4.32. The van der Waals surface area contributed by atoms with Gasteiger partial charge in [0.25, 0.3) is 11.8 Å². The number of anilines is 1. The zero-order valence-corrected chi connectivity index (χ0v) is 16.0. The summed E-state index contributed by atoms with van der Waals surface area (Å²) in [4.78, 5) is 38.1. The molecule has 0 atom stereocenters. The topological polar surface area (TPSA) is 75.7 Å². The second-order valence-corrected chi connectivity index (χ2v) is 6.73. The van der Waals surface area contributed by atoms with Crippen molar-refractivity contribution in [3.63, 3.8) is 0 Å². The molecule has 0 aromatic heterocycles. The lowest BCUT2D eigenvalue weighted by molar-refractivity contribution is -0.122. The van der Waals surface area contributed by atoms with Gasteiger partial charge in [-0.2, -0.15) is 0 Å². The van der Waals surface area contributed by atoms with Gasteiger partial charge >= 0.3 is 6.03 Å². The number of imide groups is 2. The molecule has 1 saturated heterocycles. The van der Waals surface area contributed by atoms with Crippen LogP contribution in [-0.4, -0.2) is 25.0 Å². The number of benzene rings is 2. The van der Waals surface area contributed by atoms with E-state index in [-0.39, 0.29) is 22.0 Å². The minimum atomic E-state index is -0.875. The molecule has 9 heteroatoms. The van der Waals surface area contributed by atoms with Crippen LogP contribution in [-0.2, 0) is 9.59 Å². The number of carbonyl (C=O) groups is 3. The van der Waals surface area contributed by atoms with E-state index in [1.807, 2.05) is 0 Å². The van der Waals surface area contributed by atoms with E-state index in [0.29, 0.717) is 15.6 Å². The van der Waals surface area contributed by atoms with Crippen LogP contribution in [0.15, 0.2) is 42.0 Å². The van der Waals surface area contributed by atoms with Crippen LogP contribution in [0.1, 0.15) is 5.56 Å². The summed E-state index contributed by atoms with van der Waals surface area (Å²) in [7, 11) is 1.39. The third-order valence-electron chi connectivity index (χ3n) is 3.71. The van der Waals surface area contributed by atoms with E-state index >= 15 is 0 Å². The van der Waals surface area contributed by atoms with Crippen LogP contribution < -0.4 is 15.0 Å². The Morgan fingerprint density at radius 1 is 1.04 bits per heavy atom. The summed E-state index contributed by atoms with van der Waals surface area (Å²) in [6.07, 6.45) is 1.26. The van der Waals surface area contributed by atoms with Gasteiger partial charge in [0, 0.05) is 15.6 Å². The van der Waals surface area contributed by atoms with Gasteiger partial charge < -0.3 is 4.74 Å². The highest BCUT2D eigenvalue weighted by atomic mass is 35.5. The molecule has 1 N–H and O–H groups in total. The molecule has 1 heterocycles. The van der Waals surface area contributed by atoms with Gasteiger partial charge in [-0.15, -0.1) is 0 Å². The number of rotatable bonds is 3. The van der Waals surface area contributed by atoms with Crippen molar-refractivity contribution in [3.8, 4) is 5.75 Å². The van der Waals surface area contributed by atoms with Crippen molar-refractivity contribution < 1.29 is 19.1 Å². The van der Waals surface area contributed by atoms with Crippen LogP contribution in [0.2, 0.25) is 15.1 Å². The molecule has 0 saturated carbocycles. The predicted molar refractivity (Wildman–Crippen MR) is 103 cm³/mol. The molecule has 0 radical (unpaired) electrons. The summed E-state index contributed by atoms with van der Waals surface area (Å²) in [5.41, 5.74) is 0.250. The number of amides is 4. The van der Waals surface area contributed by atoms with Crippen molar-refractivity contribution in [2.75, 3.05) is 12.0 Å². The molecular formula is C18H11Cl3N2O4. The van der Waals surface area contributed by atoms with E-state index in [2.05, 4.69) is 5.32 Å². The molecule has 27 heavy (non-hydrogen) atoms. The highest BCUT2D eigenvalue weighted by molar-refractivity contribution is 6.40. The first-order valence-electron chi connectivity index (χ1n) is 7.52. The number of hydrogen-bond acceptors (Lipinski definition) is 4. The van der Waals surface area contributed by atoms with Crippen molar-refractivity contribution in [3.05, 3.63) is 62.6 Å². The molecule has 1 aliphatic rings. The Labute approximate surface area is 169 Å². The van der Waals surface area contributed by atoms with Gasteiger partial charge in [-0.1, -0.05) is 40.9 Å². The van der Waals surface area contributed by atoms with Crippen molar-refractivity contribution in [1.82, 2.24) is 5.32 Å². The number of urea groups is 1. The zero-order valence-electron chi connectivity index (χ0n) is 13.8. The number of carbonyl (C=O) groups excluding carboxylic acids is 3. The number of ether oxygens (including phenoxy) is 1. The lowest BCUT2D eigenvalue weighted by Crippen LogP contribution is -2.54. The summed E-state index contributed by atoms with van der Waals surface area (Å²) < 4.78 is 5.22. The van der Waals surface area contributed by atoms with E-state index in [1.54, 1.807) is 12.1 Å². The molecule has 0 bridgehead atoms. The van der Waals surface area contributed by atoms with Crippen LogP contribution in [0.3, 0.4) is 0 Å². The smallest absolute Gasteiger partial charge is 0.335 e. The number of nitrogens with one attached hydrogen (secondary N) is 1. The molecule has 4 amide bonds. The molecule has 1 fully saturated rings. The Morgan fingerprint density at radius 2 is 1.78 bits per heavy atom. The lowest BCUT2D eigenvalue weighted by atomic mass is 10.1. The molecule has 6 nitrogen and oxygen atoms in total. The molecule has 0 aliphatic carbocycles.